The Kier molecular flexibility index (Phi) is 7.47. The quantitative estimate of drug-likeness (QED) is 0.348. The SMILES string of the molecule is COc1ccc([C@H]2CNC(=O)/C(=C/c3cccc(Oc4ccc(Cl)cc4)c3)C2)cc1OC1CCCC1. The number of amides is 1. The normalized spacial score (nSPS) is 19.2. The van der Waals surface area contributed by atoms with Gasteiger partial charge in [-0.3, -0.25) is 4.79 Å². The lowest BCUT2D eigenvalue weighted by molar-refractivity contribution is -0.118. The zero-order chi connectivity index (χ0) is 24.9. The van der Waals surface area contributed by atoms with Crippen LogP contribution in [0.1, 0.15) is 49.1 Å². The van der Waals surface area contributed by atoms with Gasteiger partial charge in [-0.05, 0) is 97.8 Å². The number of hydrogen-bond donors (Lipinski definition) is 1. The Morgan fingerprint density at radius 1 is 0.944 bits per heavy atom. The maximum Gasteiger partial charge on any atom is 0.247 e. The molecule has 0 aromatic heterocycles. The van der Waals surface area contributed by atoms with Gasteiger partial charge in [0.25, 0.3) is 0 Å². The second-order valence-corrected chi connectivity index (χ2v) is 9.78. The number of ether oxygens (including phenoxy) is 3. The van der Waals surface area contributed by atoms with Gasteiger partial charge in [0.2, 0.25) is 5.91 Å². The first-order chi connectivity index (χ1) is 17.6. The summed E-state index contributed by atoms with van der Waals surface area (Å²) in [5.74, 6) is 3.05. The summed E-state index contributed by atoms with van der Waals surface area (Å²) in [6.07, 6.45) is 7.42. The predicted molar refractivity (Wildman–Crippen MR) is 142 cm³/mol. The van der Waals surface area contributed by atoms with Crippen LogP contribution in [-0.2, 0) is 4.79 Å². The molecule has 2 aliphatic rings. The highest BCUT2D eigenvalue weighted by Gasteiger charge is 2.26. The van der Waals surface area contributed by atoms with Crippen molar-refractivity contribution in [1.82, 2.24) is 5.32 Å². The third-order valence-electron chi connectivity index (χ3n) is 6.77. The lowest BCUT2D eigenvalue weighted by Gasteiger charge is -2.26. The molecule has 1 amide bonds. The minimum atomic E-state index is -0.0359. The third kappa shape index (κ3) is 5.85. The fourth-order valence-corrected chi connectivity index (χ4v) is 4.98. The highest BCUT2D eigenvalue weighted by Crippen LogP contribution is 2.37. The Labute approximate surface area is 217 Å². The maximum absolute atomic E-state index is 12.7. The number of benzene rings is 3. The summed E-state index contributed by atoms with van der Waals surface area (Å²) >= 11 is 5.97. The van der Waals surface area contributed by atoms with Crippen molar-refractivity contribution in [3.05, 3.63) is 88.5 Å². The van der Waals surface area contributed by atoms with E-state index in [2.05, 4.69) is 17.4 Å². The summed E-state index contributed by atoms with van der Waals surface area (Å²) in [7, 11) is 1.67. The van der Waals surface area contributed by atoms with Crippen molar-refractivity contribution in [3.63, 3.8) is 0 Å². The van der Waals surface area contributed by atoms with Crippen LogP contribution in [0.25, 0.3) is 6.08 Å². The van der Waals surface area contributed by atoms with Crippen LogP contribution in [0.2, 0.25) is 5.02 Å². The van der Waals surface area contributed by atoms with E-state index in [1.165, 1.54) is 12.8 Å². The zero-order valence-electron chi connectivity index (χ0n) is 20.3. The molecule has 5 nitrogen and oxygen atoms in total. The van der Waals surface area contributed by atoms with E-state index in [1.54, 1.807) is 19.2 Å². The van der Waals surface area contributed by atoms with E-state index in [9.17, 15) is 4.79 Å². The monoisotopic (exact) mass is 503 g/mol. The van der Waals surface area contributed by atoms with Crippen LogP contribution >= 0.6 is 11.6 Å². The van der Waals surface area contributed by atoms with E-state index in [1.807, 2.05) is 48.5 Å². The van der Waals surface area contributed by atoms with Crippen molar-refractivity contribution in [3.8, 4) is 23.0 Å². The van der Waals surface area contributed by atoms with Gasteiger partial charge in [0, 0.05) is 23.1 Å². The lowest BCUT2D eigenvalue weighted by Crippen LogP contribution is -2.35. The average molecular weight is 504 g/mol. The maximum atomic E-state index is 12.7. The molecule has 1 saturated heterocycles. The Morgan fingerprint density at radius 2 is 1.75 bits per heavy atom. The van der Waals surface area contributed by atoms with E-state index in [0.717, 1.165) is 41.0 Å². The predicted octanol–water partition coefficient (Wildman–Crippen LogP) is 7.15. The molecule has 0 unspecified atom stereocenters. The van der Waals surface area contributed by atoms with Gasteiger partial charge in [0.1, 0.15) is 11.5 Å². The first-order valence-electron chi connectivity index (χ1n) is 12.4. The smallest absolute Gasteiger partial charge is 0.247 e. The lowest BCUT2D eigenvalue weighted by atomic mass is 9.87. The molecular formula is C30H30ClNO4. The van der Waals surface area contributed by atoms with E-state index in [-0.39, 0.29) is 17.9 Å². The van der Waals surface area contributed by atoms with Gasteiger partial charge >= 0.3 is 0 Å². The summed E-state index contributed by atoms with van der Waals surface area (Å²) in [4.78, 5) is 12.7. The van der Waals surface area contributed by atoms with Gasteiger partial charge in [-0.15, -0.1) is 0 Å². The minimum absolute atomic E-state index is 0.0359. The van der Waals surface area contributed by atoms with E-state index < -0.39 is 0 Å². The molecule has 2 fully saturated rings. The first-order valence-corrected chi connectivity index (χ1v) is 12.8. The van der Waals surface area contributed by atoms with Crippen LogP contribution in [0.4, 0.5) is 0 Å². The van der Waals surface area contributed by atoms with Crippen molar-refractivity contribution in [1.29, 1.82) is 0 Å². The molecule has 1 saturated carbocycles. The molecule has 5 rings (SSSR count). The fourth-order valence-electron chi connectivity index (χ4n) is 4.85. The van der Waals surface area contributed by atoms with E-state index >= 15 is 0 Å². The van der Waals surface area contributed by atoms with E-state index in [0.29, 0.717) is 29.5 Å². The summed E-state index contributed by atoms with van der Waals surface area (Å²) in [6, 6.07) is 21.1. The number of carbonyl (C=O) groups excluding carboxylic acids is 1. The van der Waals surface area contributed by atoms with Gasteiger partial charge in [0.05, 0.1) is 13.2 Å². The van der Waals surface area contributed by atoms with Gasteiger partial charge in [-0.25, -0.2) is 0 Å². The number of nitrogens with one attached hydrogen (secondary N) is 1. The van der Waals surface area contributed by atoms with Gasteiger partial charge in [-0.1, -0.05) is 29.8 Å². The zero-order valence-corrected chi connectivity index (χ0v) is 21.1. The molecule has 36 heavy (non-hydrogen) atoms. The molecular weight excluding hydrogens is 474 g/mol. The van der Waals surface area contributed by atoms with Crippen molar-refractivity contribution in [2.75, 3.05) is 13.7 Å². The molecule has 3 aromatic rings. The van der Waals surface area contributed by atoms with Crippen LogP contribution in [0.5, 0.6) is 23.0 Å². The number of piperidine rings is 1. The molecule has 1 N–H and O–H groups in total. The van der Waals surface area contributed by atoms with Crippen molar-refractivity contribution in [2.24, 2.45) is 0 Å². The molecule has 1 aliphatic heterocycles. The molecule has 1 aliphatic carbocycles. The Balaban J connectivity index is 1.33. The molecule has 6 heteroatoms. The van der Waals surface area contributed by atoms with Gasteiger partial charge < -0.3 is 19.5 Å². The third-order valence-corrected chi connectivity index (χ3v) is 7.02. The molecule has 1 heterocycles. The van der Waals surface area contributed by atoms with Crippen molar-refractivity contribution in [2.45, 2.75) is 44.1 Å². The summed E-state index contributed by atoms with van der Waals surface area (Å²) in [5.41, 5.74) is 2.78. The van der Waals surface area contributed by atoms with Crippen LogP contribution in [0, 0.1) is 0 Å². The second-order valence-electron chi connectivity index (χ2n) is 9.34. The summed E-state index contributed by atoms with van der Waals surface area (Å²) in [6.45, 7) is 0.588. The second kappa shape index (κ2) is 11.1. The Hall–Kier alpha value is -3.44. The standard InChI is InChI=1S/C30H30ClNO4/c1-34-28-14-9-21(18-29(28)36-25-6-2-3-7-25)23-17-22(30(33)32-19-23)15-20-5-4-8-27(16-20)35-26-12-10-24(31)11-13-26/h4-5,8-16,18,23,25H,2-3,6-7,17,19H2,1H3,(H,32,33)/b22-15+/t23-/m1/s1. The number of halogens is 1. The number of methoxy groups -OCH3 is 1. The highest BCUT2D eigenvalue weighted by molar-refractivity contribution is 6.30. The van der Waals surface area contributed by atoms with Crippen LogP contribution < -0.4 is 19.5 Å². The Bertz CT molecular complexity index is 1250. The molecule has 0 spiro atoms. The van der Waals surface area contributed by atoms with Crippen LogP contribution in [-0.4, -0.2) is 25.7 Å². The van der Waals surface area contributed by atoms with Gasteiger partial charge in [-0.2, -0.15) is 0 Å². The largest absolute Gasteiger partial charge is 0.493 e. The highest BCUT2D eigenvalue weighted by atomic mass is 35.5. The topological polar surface area (TPSA) is 56.8 Å². The first kappa shape index (κ1) is 24.3. The van der Waals surface area contributed by atoms with Crippen molar-refractivity contribution >= 4 is 23.6 Å². The fraction of sp³-hybridized carbons (Fsp3) is 0.300. The van der Waals surface area contributed by atoms with Crippen LogP contribution in [0.3, 0.4) is 0 Å². The summed E-state index contributed by atoms with van der Waals surface area (Å²) in [5, 5.41) is 3.72. The van der Waals surface area contributed by atoms with Crippen molar-refractivity contribution < 1.29 is 19.0 Å². The van der Waals surface area contributed by atoms with Gasteiger partial charge in [0.15, 0.2) is 11.5 Å². The molecule has 186 valence electrons. The number of rotatable bonds is 7. The molecule has 0 radical (unpaired) electrons. The minimum Gasteiger partial charge on any atom is -0.493 e. The van der Waals surface area contributed by atoms with E-state index in [4.69, 9.17) is 25.8 Å². The number of hydrogen-bond acceptors (Lipinski definition) is 4. The number of carbonyl (C=O) groups is 1. The Morgan fingerprint density at radius 3 is 2.53 bits per heavy atom. The summed E-state index contributed by atoms with van der Waals surface area (Å²) < 4.78 is 17.8. The molecule has 1 atom stereocenters. The van der Waals surface area contributed by atoms with Crippen LogP contribution in [0.15, 0.2) is 72.3 Å². The molecule has 3 aromatic carbocycles. The average Bonchev–Trinajstić information content (AvgIpc) is 3.40. The molecule has 0 bridgehead atoms.